The molecule has 1 N–H and O–H groups in total. The van der Waals surface area contributed by atoms with E-state index in [-0.39, 0.29) is 10.8 Å². The molecule has 26 heavy (non-hydrogen) atoms. The van der Waals surface area contributed by atoms with Crippen molar-refractivity contribution in [2.75, 3.05) is 51.3 Å². The number of sulfonamides is 1. The van der Waals surface area contributed by atoms with Gasteiger partial charge in [0, 0.05) is 32.4 Å². The molecule has 0 radical (unpaired) electrons. The second kappa shape index (κ2) is 7.26. The first-order chi connectivity index (χ1) is 12.2. The number of rotatable bonds is 6. The number of carbonyl (C=O) groups excluding carboxylic acids is 1. The molecule has 0 aliphatic carbocycles. The Morgan fingerprint density at radius 3 is 2.62 bits per heavy atom. The van der Waals surface area contributed by atoms with Gasteiger partial charge in [-0.3, -0.25) is 9.69 Å². The lowest BCUT2D eigenvalue weighted by atomic mass is 9.86. The summed E-state index contributed by atoms with van der Waals surface area (Å²) in [4.78, 5) is 16.4. The molecule has 2 heterocycles. The van der Waals surface area contributed by atoms with Crippen LogP contribution in [0.25, 0.3) is 0 Å². The van der Waals surface area contributed by atoms with E-state index in [0.717, 1.165) is 50.5 Å². The summed E-state index contributed by atoms with van der Waals surface area (Å²) in [7, 11) is -1.88. The van der Waals surface area contributed by atoms with Crippen LogP contribution in [0.5, 0.6) is 0 Å². The Hall–Kier alpha value is -1.48. The summed E-state index contributed by atoms with van der Waals surface area (Å²) in [6.45, 7) is 8.16. The Balaban J connectivity index is 1.65. The van der Waals surface area contributed by atoms with E-state index in [9.17, 15) is 13.2 Å². The normalized spacial score (nSPS) is 20.4. The Kier molecular flexibility index (Phi) is 5.39. The highest BCUT2D eigenvalue weighted by Gasteiger charge is 2.42. The van der Waals surface area contributed by atoms with Gasteiger partial charge >= 0.3 is 0 Å². The van der Waals surface area contributed by atoms with Gasteiger partial charge in [-0.1, -0.05) is 0 Å². The number of fused-ring (bicyclic) bond motifs is 1. The van der Waals surface area contributed by atoms with Crippen LogP contribution in [0.1, 0.15) is 25.8 Å². The van der Waals surface area contributed by atoms with Crippen molar-refractivity contribution in [3.05, 3.63) is 23.8 Å². The Morgan fingerprint density at radius 2 is 1.92 bits per heavy atom. The second-order valence-electron chi connectivity index (χ2n) is 7.37. The van der Waals surface area contributed by atoms with Gasteiger partial charge in [-0.15, -0.1) is 0 Å². The average molecular weight is 381 g/mol. The van der Waals surface area contributed by atoms with Gasteiger partial charge in [0.1, 0.15) is 0 Å². The summed E-state index contributed by atoms with van der Waals surface area (Å²) in [5.41, 5.74) is 0.804. The lowest BCUT2D eigenvalue weighted by Gasteiger charge is -2.26. The van der Waals surface area contributed by atoms with Crippen LogP contribution in [0, 0.1) is 0 Å². The summed E-state index contributed by atoms with van der Waals surface area (Å²) >= 11 is 0. The molecule has 1 saturated heterocycles. The summed E-state index contributed by atoms with van der Waals surface area (Å²) in [5.74, 6) is -0.0273. The Labute approximate surface area is 155 Å². The van der Waals surface area contributed by atoms with Crippen LogP contribution in [0.2, 0.25) is 0 Å². The number of hydrogen-bond acceptors (Lipinski definition) is 5. The number of nitrogens with zero attached hydrogens (tertiary/aromatic N) is 2. The molecule has 3 rings (SSSR count). The molecule has 2 aliphatic rings. The minimum absolute atomic E-state index is 0.0273. The number of ether oxygens (including phenoxy) is 1. The molecule has 7 nitrogen and oxygen atoms in total. The van der Waals surface area contributed by atoms with Crippen molar-refractivity contribution in [3.63, 3.8) is 0 Å². The van der Waals surface area contributed by atoms with E-state index < -0.39 is 15.4 Å². The fraction of sp³-hybridized carbons (Fsp3) is 0.611. The molecule has 0 atom stereocenters. The van der Waals surface area contributed by atoms with Gasteiger partial charge in [0.05, 0.1) is 23.5 Å². The minimum Gasteiger partial charge on any atom is -0.379 e. The van der Waals surface area contributed by atoms with E-state index in [1.807, 2.05) is 13.8 Å². The van der Waals surface area contributed by atoms with Crippen molar-refractivity contribution in [1.29, 1.82) is 0 Å². The summed E-state index contributed by atoms with van der Waals surface area (Å²) in [6.07, 6.45) is 0.747. The van der Waals surface area contributed by atoms with Crippen molar-refractivity contribution in [2.45, 2.75) is 30.6 Å². The number of likely N-dealkylation sites (N-methyl/N-ethyl adjacent to an activating group) is 1. The molecule has 8 heteroatoms. The largest absolute Gasteiger partial charge is 0.379 e. The highest BCUT2D eigenvalue weighted by Crippen LogP contribution is 2.41. The topological polar surface area (TPSA) is 79.0 Å². The van der Waals surface area contributed by atoms with Crippen LogP contribution in [0.15, 0.2) is 23.1 Å². The molecule has 1 amide bonds. The predicted molar refractivity (Wildman–Crippen MR) is 99.9 cm³/mol. The summed E-state index contributed by atoms with van der Waals surface area (Å²) < 4.78 is 33.2. The molecule has 2 aliphatic heterocycles. The van der Waals surface area contributed by atoms with Crippen molar-refractivity contribution in [1.82, 2.24) is 9.62 Å². The first-order valence-corrected chi connectivity index (χ1v) is 10.4. The van der Waals surface area contributed by atoms with Gasteiger partial charge < -0.3 is 9.64 Å². The molecule has 144 valence electrons. The lowest BCUT2D eigenvalue weighted by Crippen LogP contribution is -2.38. The first kappa shape index (κ1) is 19.3. The maximum absolute atomic E-state index is 12.6. The zero-order valence-electron chi connectivity index (χ0n) is 15.6. The standard InChI is InChI=1S/C18H27N3O4S/c1-18(2)15-13-14(5-6-16(15)20(3)17(18)22)26(23,24)19-7-4-8-21-9-11-25-12-10-21/h5-6,13,19H,4,7-12H2,1-3H3. The number of anilines is 1. The highest BCUT2D eigenvalue weighted by molar-refractivity contribution is 7.89. The number of morpholine rings is 1. The Bertz CT molecular complexity index is 786. The third-order valence-corrected chi connectivity index (χ3v) is 6.66. The van der Waals surface area contributed by atoms with Gasteiger partial charge in [0.25, 0.3) is 0 Å². The summed E-state index contributed by atoms with van der Waals surface area (Å²) in [6, 6.07) is 4.90. The number of amides is 1. The number of nitrogens with one attached hydrogen (secondary N) is 1. The van der Waals surface area contributed by atoms with Gasteiger partial charge in [0.15, 0.2) is 0 Å². The van der Waals surface area contributed by atoms with E-state index in [1.165, 1.54) is 0 Å². The number of carbonyl (C=O) groups is 1. The maximum Gasteiger partial charge on any atom is 0.240 e. The zero-order valence-corrected chi connectivity index (χ0v) is 16.4. The molecule has 1 aromatic carbocycles. The number of hydrogen-bond donors (Lipinski definition) is 1. The number of benzene rings is 1. The molecular weight excluding hydrogens is 354 g/mol. The van der Waals surface area contributed by atoms with Crippen LogP contribution in [-0.2, 0) is 25.0 Å². The molecular formula is C18H27N3O4S. The Morgan fingerprint density at radius 1 is 1.23 bits per heavy atom. The fourth-order valence-corrected chi connectivity index (χ4v) is 4.64. The average Bonchev–Trinajstić information content (AvgIpc) is 2.80. The second-order valence-corrected chi connectivity index (χ2v) is 9.14. The van der Waals surface area contributed by atoms with Crippen LogP contribution >= 0.6 is 0 Å². The zero-order chi connectivity index (χ0) is 18.9. The van der Waals surface area contributed by atoms with Crippen LogP contribution in [0.4, 0.5) is 5.69 Å². The van der Waals surface area contributed by atoms with Crippen molar-refractivity contribution >= 4 is 21.6 Å². The molecule has 0 unspecified atom stereocenters. The molecule has 1 aromatic rings. The predicted octanol–water partition coefficient (Wildman–Crippen LogP) is 0.941. The first-order valence-electron chi connectivity index (χ1n) is 8.96. The van der Waals surface area contributed by atoms with Gasteiger partial charge in [-0.25, -0.2) is 13.1 Å². The fourth-order valence-electron chi connectivity index (χ4n) is 3.54. The molecule has 0 aromatic heterocycles. The lowest BCUT2D eigenvalue weighted by molar-refractivity contribution is -0.121. The molecule has 1 fully saturated rings. The van der Waals surface area contributed by atoms with Crippen molar-refractivity contribution < 1.29 is 17.9 Å². The molecule has 0 bridgehead atoms. The quantitative estimate of drug-likeness (QED) is 0.742. The van der Waals surface area contributed by atoms with E-state index in [0.29, 0.717) is 6.54 Å². The monoisotopic (exact) mass is 381 g/mol. The third kappa shape index (κ3) is 3.64. The highest BCUT2D eigenvalue weighted by atomic mass is 32.2. The van der Waals surface area contributed by atoms with Crippen molar-refractivity contribution in [3.8, 4) is 0 Å². The van der Waals surface area contributed by atoms with E-state index in [1.54, 1.807) is 30.1 Å². The van der Waals surface area contributed by atoms with E-state index in [4.69, 9.17) is 4.74 Å². The smallest absolute Gasteiger partial charge is 0.240 e. The van der Waals surface area contributed by atoms with Crippen LogP contribution in [0.3, 0.4) is 0 Å². The maximum atomic E-state index is 12.6. The molecule has 0 saturated carbocycles. The summed E-state index contributed by atoms with van der Waals surface area (Å²) in [5, 5.41) is 0. The van der Waals surface area contributed by atoms with Gasteiger partial charge in [-0.05, 0) is 50.6 Å². The van der Waals surface area contributed by atoms with Crippen LogP contribution < -0.4 is 9.62 Å². The third-order valence-electron chi connectivity index (χ3n) is 5.20. The van der Waals surface area contributed by atoms with Gasteiger partial charge in [0.2, 0.25) is 15.9 Å². The van der Waals surface area contributed by atoms with Gasteiger partial charge in [-0.2, -0.15) is 0 Å². The SMILES string of the molecule is CN1C(=O)C(C)(C)c2cc(S(=O)(=O)NCCCN3CCOCC3)ccc21. The van der Waals surface area contributed by atoms with E-state index >= 15 is 0 Å². The van der Waals surface area contributed by atoms with E-state index in [2.05, 4.69) is 9.62 Å². The van der Waals surface area contributed by atoms with Crippen LogP contribution in [-0.4, -0.2) is 65.7 Å². The molecule has 0 spiro atoms. The van der Waals surface area contributed by atoms with Crippen molar-refractivity contribution in [2.24, 2.45) is 0 Å². The minimum atomic E-state index is -3.59.